The van der Waals surface area contributed by atoms with Crippen LogP contribution in [0.5, 0.6) is 0 Å². The lowest BCUT2D eigenvalue weighted by Crippen LogP contribution is -2.36. The molecule has 0 aromatic heterocycles. The Kier molecular flexibility index (Phi) is 5.63. The number of nitrogens with one attached hydrogen (secondary N) is 2. The molecule has 0 atom stereocenters. The highest BCUT2D eigenvalue weighted by atomic mass is 32.2. The molecule has 0 saturated heterocycles. The van der Waals surface area contributed by atoms with E-state index in [1.165, 1.54) is 43.2 Å². The molecule has 140 valence electrons. The van der Waals surface area contributed by atoms with Crippen molar-refractivity contribution in [2.45, 2.75) is 51.1 Å². The highest BCUT2D eigenvalue weighted by Crippen LogP contribution is 2.31. The Balaban J connectivity index is 1.36. The molecule has 2 aromatic rings. The van der Waals surface area contributed by atoms with Gasteiger partial charge >= 0.3 is 0 Å². The maximum Gasteiger partial charge on any atom is 0.128 e. The number of hydrogen-bond donors (Lipinski definition) is 2. The first kappa shape index (κ1) is 18.3. The van der Waals surface area contributed by atoms with Gasteiger partial charge < -0.3 is 4.90 Å². The highest BCUT2D eigenvalue weighted by molar-refractivity contribution is 8.14. The lowest BCUT2D eigenvalue weighted by molar-refractivity contribution is 0.244. The fourth-order valence-corrected chi connectivity index (χ4v) is 5.05. The summed E-state index contributed by atoms with van der Waals surface area (Å²) in [4.78, 5) is 2.33. The Bertz CT molecular complexity index is 825. The van der Waals surface area contributed by atoms with Gasteiger partial charge in [-0.15, -0.1) is 11.8 Å². The third-order valence-electron chi connectivity index (χ3n) is 5.75. The number of aryl methyl sites for hydroxylation is 1. The molecule has 1 aliphatic heterocycles. The molecule has 4 rings (SSSR count). The van der Waals surface area contributed by atoms with Crippen molar-refractivity contribution in [1.82, 2.24) is 4.90 Å². The van der Waals surface area contributed by atoms with E-state index in [2.05, 4.69) is 23.1 Å². The van der Waals surface area contributed by atoms with Crippen LogP contribution in [0.4, 0.5) is 0 Å². The molecule has 4 heteroatoms. The number of amidine groups is 1. The first-order valence-corrected chi connectivity index (χ1v) is 10.9. The van der Waals surface area contributed by atoms with Gasteiger partial charge in [-0.25, -0.2) is 0 Å². The monoisotopic (exact) mass is 377 g/mol. The van der Waals surface area contributed by atoms with Gasteiger partial charge in [-0.2, -0.15) is 0 Å². The third kappa shape index (κ3) is 4.11. The molecule has 27 heavy (non-hydrogen) atoms. The molecular weight excluding hydrogens is 350 g/mol. The molecule has 1 aliphatic carbocycles. The van der Waals surface area contributed by atoms with Crippen LogP contribution in [0.1, 0.15) is 54.4 Å². The number of thioether (sulfide) groups is 1. The van der Waals surface area contributed by atoms with Crippen molar-refractivity contribution in [2.24, 2.45) is 0 Å². The Morgan fingerprint density at radius 2 is 1.81 bits per heavy atom. The number of benzene rings is 2. The second-order valence-corrected chi connectivity index (χ2v) is 8.66. The van der Waals surface area contributed by atoms with E-state index in [1.54, 1.807) is 11.8 Å². The number of nitrogens with zero attached hydrogens (tertiary/aromatic N) is 1. The zero-order valence-electron chi connectivity index (χ0n) is 15.7. The molecule has 2 aromatic carbocycles. The number of fused-ring (bicyclic) bond motifs is 1. The molecular formula is C23H27N3S. The Hall–Kier alpha value is -2.07. The first-order valence-electron chi connectivity index (χ1n) is 9.96. The van der Waals surface area contributed by atoms with Crippen LogP contribution >= 0.6 is 11.8 Å². The minimum absolute atomic E-state index is 0.559. The predicted molar refractivity (Wildman–Crippen MR) is 115 cm³/mol. The number of hydrogen-bond acceptors (Lipinski definition) is 3. The molecule has 0 unspecified atom stereocenters. The van der Waals surface area contributed by atoms with Crippen LogP contribution in [-0.2, 0) is 13.0 Å². The molecule has 0 bridgehead atoms. The van der Waals surface area contributed by atoms with Crippen molar-refractivity contribution >= 4 is 22.6 Å². The summed E-state index contributed by atoms with van der Waals surface area (Å²) in [7, 11) is 0. The van der Waals surface area contributed by atoms with Crippen molar-refractivity contribution in [3.63, 3.8) is 0 Å². The second-order valence-electron chi connectivity index (χ2n) is 7.55. The molecule has 2 N–H and O–H groups in total. The fraction of sp³-hybridized carbons (Fsp3) is 0.391. The molecule has 2 aliphatic rings. The van der Waals surface area contributed by atoms with Gasteiger partial charge in [0.25, 0.3) is 0 Å². The van der Waals surface area contributed by atoms with Crippen molar-refractivity contribution < 1.29 is 0 Å². The predicted octanol–water partition coefficient (Wildman–Crippen LogP) is 5.46. The molecule has 0 radical (unpaired) electrons. The topological polar surface area (TPSA) is 50.9 Å². The highest BCUT2D eigenvalue weighted by Gasteiger charge is 2.30. The van der Waals surface area contributed by atoms with Crippen molar-refractivity contribution in [1.29, 1.82) is 10.8 Å². The summed E-state index contributed by atoms with van der Waals surface area (Å²) >= 11 is 1.60. The molecule has 0 amide bonds. The van der Waals surface area contributed by atoms with Crippen LogP contribution in [0.2, 0.25) is 0 Å². The van der Waals surface area contributed by atoms with Crippen LogP contribution in [-0.4, -0.2) is 27.6 Å². The molecule has 3 nitrogen and oxygen atoms in total. The van der Waals surface area contributed by atoms with Gasteiger partial charge in [0.15, 0.2) is 0 Å². The zero-order valence-corrected chi connectivity index (χ0v) is 16.5. The average Bonchev–Trinajstić information content (AvgIpc) is 3.05. The summed E-state index contributed by atoms with van der Waals surface area (Å²) in [5, 5.41) is 17.5. The van der Waals surface area contributed by atoms with Gasteiger partial charge in [0, 0.05) is 29.5 Å². The smallest absolute Gasteiger partial charge is 0.128 e. The lowest BCUT2D eigenvalue weighted by atomic mass is 9.94. The standard InChI is InChI=1S/C23H27N3S/c24-22-21-15-17(13-14-27-23(25)18-7-3-1-4-8-18)11-12-19(21)16-26(22)20-9-5-2-6-10-20/h1,3-4,7-8,11-12,15,20,24-25H,2,5-6,9-10,13-14,16H2. The minimum Gasteiger partial charge on any atom is -0.349 e. The summed E-state index contributed by atoms with van der Waals surface area (Å²) < 4.78 is 0. The van der Waals surface area contributed by atoms with Gasteiger partial charge in [-0.3, -0.25) is 10.8 Å². The van der Waals surface area contributed by atoms with E-state index in [9.17, 15) is 0 Å². The van der Waals surface area contributed by atoms with Crippen molar-refractivity contribution in [2.75, 3.05) is 5.75 Å². The van der Waals surface area contributed by atoms with Crippen LogP contribution in [0.25, 0.3) is 0 Å². The van der Waals surface area contributed by atoms with E-state index in [0.29, 0.717) is 11.1 Å². The van der Waals surface area contributed by atoms with Gasteiger partial charge in [-0.1, -0.05) is 61.7 Å². The van der Waals surface area contributed by atoms with Gasteiger partial charge in [0.1, 0.15) is 5.84 Å². The molecule has 1 fully saturated rings. The number of rotatable bonds is 5. The van der Waals surface area contributed by atoms with Crippen molar-refractivity contribution in [3.05, 3.63) is 70.8 Å². The maximum absolute atomic E-state index is 8.66. The summed E-state index contributed by atoms with van der Waals surface area (Å²) in [6, 6.07) is 17.1. The maximum atomic E-state index is 8.66. The zero-order chi connectivity index (χ0) is 18.6. The minimum atomic E-state index is 0.559. The SMILES string of the molecule is N=C(SCCc1ccc2c(c1)C(=N)N(C1CCCCC1)C2)c1ccccc1. The summed E-state index contributed by atoms with van der Waals surface area (Å²) in [6.45, 7) is 0.909. The first-order chi connectivity index (χ1) is 13.2. The molecule has 0 spiro atoms. The fourth-order valence-electron chi connectivity index (χ4n) is 4.20. The quantitative estimate of drug-likeness (QED) is 0.537. The lowest BCUT2D eigenvalue weighted by Gasteiger charge is -2.32. The van der Waals surface area contributed by atoms with Gasteiger partial charge in [-0.05, 0) is 36.5 Å². The Labute approximate surface area is 166 Å². The Morgan fingerprint density at radius 1 is 1.04 bits per heavy atom. The van der Waals surface area contributed by atoms with Gasteiger partial charge in [0.2, 0.25) is 0 Å². The summed E-state index contributed by atoms with van der Waals surface area (Å²) in [5.41, 5.74) is 4.69. The molecule has 1 heterocycles. The van der Waals surface area contributed by atoms with E-state index in [0.717, 1.165) is 35.7 Å². The largest absolute Gasteiger partial charge is 0.349 e. The summed E-state index contributed by atoms with van der Waals surface area (Å²) in [6.07, 6.45) is 7.37. The Morgan fingerprint density at radius 3 is 2.59 bits per heavy atom. The normalized spacial score (nSPS) is 17.2. The van der Waals surface area contributed by atoms with E-state index in [-0.39, 0.29) is 0 Å². The van der Waals surface area contributed by atoms with E-state index < -0.39 is 0 Å². The van der Waals surface area contributed by atoms with E-state index in [1.807, 2.05) is 30.3 Å². The molecule has 1 saturated carbocycles. The van der Waals surface area contributed by atoms with Crippen LogP contribution < -0.4 is 0 Å². The van der Waals surface area contributed by atoms with Crippen LogP contribution in [0.15, 0.2) is 48.5 Å². The second kappa shape index (κ2) is 8.30. The summed E-state index contributed by atoms with van der Waals surface area (Å²) in [5.74, 6) is 1.62. The average molecular weight is 378 g/mol. The van der Waals surface area contributed by atoms with Crippen molar-refractivity contribution in [3.8, 4) is 0 Å². The van der Waals surface area contributed by atoms with E-state index >= 15 is 0 Å². The van der Waals surface area contributed by atoms with Gasteiger partial charge in [0.05, 0.1) is 5.04 Å². The van der Waals surface area contributed by atoms with E-state index in [4.69, 9.17) is 10.8 Å². The van der Waals surface area contributed by atoms with Crippen LogP contribution in [0, 0.1) is 10.8 Å². The third-order valence-corrected chi connectivity index (χ3v) is 6.68. The van der Waals surface area contributed by atoms with Crippen LogP contribution in [0.3, 0.4) is 0 Å².